The molecule has 0 spiro atoms. The van der Waals surface area contributed by atoms with Crippen molar-refractivity contribution >= 4 is 6.03 Å². The fourth-order valence-electron chi connectivity index (χ4n) is 2.14. The van der Waals surface area contributed by atoms with Gasteiger partial charge in [-0.05, 0) is 31.4 Å². The first-order valence-electron chi connectivity index (χ1n) is 7.53. The Bertz CT molecular complexity index is 439. The van der Waals surface area contributed by atoms with Crippen molar-refractivity contribution in [2.75, 3.05) is 39.5 Å². The van der Waals surface area contributed by atoms with Gasteiger partial charge < -0.3 is 25.2 Å². The highest BCUT2D eigenvalue weighted by atomic mass is 16.5. The summed E-state index contributed by atoms with van der Waals surface area (Å²) in [5, 5.41) is 20.5. The van der Waals surface area contributed by atoms with Crippen LogP contribution in [0.1, 0.15) is 17.5 Å². The Balaban J connectivity index is 2.28. The van der Waals surface area contributed by atoms with Crippen LogP contribution < -0.4 is 10.1 Å². The van der Waals surface area contributed by atoms with E-state index in [9.17, 15) is 4.79 Å². The third-order valence-corrected chi connectivity index (χ3v) is 3.28. The summed E-state index contributed by atoms with van der Waals surface area (Å²) in [5.41, 5.74) is 2.20. The smallest absolute Gasteiger partial charge is 0.317 e. The fourth-order valence-corrected chi connectivity index (χ4v) is 2.14. The molecule has 1 aromatic rings. The van der Waals surface area contributed by atoms with Gasteiger partial charge in [-0.15, -0.1) is 0 Å². The van der Waals surface area contributed by atoms with Crippen LogP contribution in [0.15, 0.2) is 18.2 Å². The Morgan fingerprint density at radius 3 is 2.32 bits per heavy atom. The standard InChI is InChI=1S/C16H26N2O4/c1-13-5-3-6-14(2)15(13)22-12-4-7-17-16(21)18(8-10-19)9-11-20/h3,5-6,19-20H,4,7-12H2,1-2H3,(H,17,21). The van der Waals surface area contributed by atoms with Gasteiger partial charge in [-0.3, -0.25) is 0 Å². The van der Waals surface area contributed by atoms with Crippen molar-refractivity contribution in [1.29, 1.82) is 0 Å². The number of hydrogen-bond donors (Lipinski definition) is 3. The van der Waals surface area contributed by atoms with Crippen molar-refractivity contribution in [3.8, 4) is 5.75 Å². The molecule has 124 valence electrons. The summed E-state index contributed by atoms with van der Waals surface area (Å²) >= 11 is 0. The molecule has 1 rings (SSSR count). The van der Waals surface area contributed by atoms with Crippen molar-refractivity contribution < 1.29 is 19.7 Å². The number of amides is 2. The molecule has 0 radical (unpaired) electrons. The van der Waals surface area contributed by atoms with Gasteiger partial charge in [0.15, 0.2) is 0 Å². The molecule has 0 atom stereocenters. The lowest BCUT2D eigenvalue weighted by atomic mass is 10.1. The maximum Gasteiger partial charge on any atom is 0.317 e. The van der Waals surface area contributed by atoms with E-state index in [1.54, 1.807) is 0 Å². The number of hydrogen-bond acceptors (Lipinski definition) is 4. The second kappa shape index (κ2) is 10.0. The quantitative estimate of drug-likeness (QED) is 0.596. The Morgan fingerprint density at radius 1 is 1.18 bits per heavy atom. The number of aliphatic hydroxyl groups excluding tert-OH is 2. The number of nitrogens with one attached hydrogen (secondary N) is 1. The van der Waals surface area contributed by atoms with E-state index in [1.165, 1.54) is 4.90 Å². The van der Waals surface area contributed by atoms with Crippen molar-refractivity contribution in [3.05, 3.63) is 29.3 Å². The fraction of sp³-hybridized carbons (Fsp3) is 0.562. The van der Waals surface area contributed by atoms with E-state index in [4.69, 9.17) is 14.9 Å². The zero-order chi connectivity index (χ0) is 16.4. The molecule has 3 N–H and O–H groups in total. The zero-order valence-corrected chi connectivity index (χ0v) is 13.3. The van der Waals surface area contributed by atoms with E-state index in [2.05, 4.69) is 5.32 Å². The van der Waals surface area contributed by atoms with Gasteiger partial charge >= 0.3 is 6.03 Å². The van der Waals surface area contributed by atoms with Crippen LogP contribution in [-0.2, 0) is 0 Å². The number of para-hydroxylation sites is 1. The van der Waals surface area contributed by atoms with Crippen molar-refractivity contribution in [1.82, 2.24) is 10.2 Å². The van der Waals surface area contributed by atoms with Crippen LogP contribution in [0.2, 0.25) is 0 Å². The molecule has 0 heterocycles. The summed E-state index contributed by atoms with van der Waals surface area (Å²) in [5.74, 6) is 0.899. The predicted molar refractivity (Wildman–Crippen MR) is 85.2 cm³/mol. The van der Waals surface area contributed by atoms with Gasteiger partial charge in [0, 0.05) is 19.6 Å². The average molecular weight is 310 g/mol. The van der Waals surface area contributed by atoms with Gasteiger partial charge in [0.25, 0.3) is 0 Å². The van der Waals surface area contributed by atoms with Crippen LogP contribution in [0.5, 0.6) is 5.75 Å². The predicted octanol–water partition coefficient (Wildman–Crippen LogP) is 1.07. The third kappa shape index (κ3) is 5.91. The van der Waals surface area contributed by atoms with E-state index in [0.29, 0.717) is 19.6 Å². The van der Waals surface area contributed by atoms with Gasteiger partial charge in [-0.25, -0.2) is 4.79 Å². The minimum absolute atomic E-state index is 0.122. The maximum atomic E-state index is 11.8. The molecule has 0 fully saturated rings. The van der Waals surface area contributed by atoms with Crippen LogP contribution in [-0.4, -0.2) is 60.6 Å². The molecule has 0 saturated carbocycles. The van der Waals surface area contributed by atoms with E-state index in [0.717, 1.165) is 16.9 Å². The van der Waals surface area contributed by atoms with Crippen LogP contribution in [0.4, 0.5) is 4.79 Å². The minimum atomic E-state index is -0.282. The van der Waals surface area contributed by atoms with E-state index < -0.39 is 0 Å². The van der Waals surface area contributed by atoms with E-state index >= 15 is 0 Å². The summed E-state index contributed by atoms with van der Waals surface area (Å²) in [7, 11) is 0. The number of benzene rings is 1. The Hall–Kier alpha value is -1.79. The minimum Gasteiger partial charge on any atom is -0.493 e. The number of carbonyl (C=O) groups excluding carboxylic acids is 1. The molecule has 0 unspecified atom stereocenters. The largest absolute Gasteiger partial charge is 0.493 e. The Kier molecular flexibility index (Phi) is 8.32. The number of carbonyl (C=O) groups is 1. The van der Waals surface area contributed by atoms with Crippen LogP contribution >= 0.6 is 0 Å². The van der Waals surface area contributed by atoms with Gasteiger partial charge in [-0.1, -0.05) is 18.2 Å². The monoisotopic (exact) mass is 310 g/mol. The topological polar surface area (TPSA) is 82.0 Å². The molecule has 0 bridgehead atoms. The second-order valence-electron chi connectivity index (χ2n) is 5.09. The molecule has 6 nitrogen and oxygen atoms in total. The van der Waals surface area contributed by atoms with E-state index in [1.807, 2.05) is 32.0 Å². The average Bonchev–Trinajstić information content (AvgIpc) is 2.49. The van der Waals surface area contributed by atoms with Gasteiger partial charge in [-0.2, -0.15) is 0 Å². The normalized spacial score (nSPS) is 10.4. The summed E-state index contributed by atoms with van der Waals surface area (Å²) < 4.78 is 5.76. The first kappa shape index (κ1) is 18.3. The summed E-state index contributed by atoms with van der Waals surface area (Å²) in [6.07, 6.45) is 0.686. The molecular weight excluding hydrogens is 284 g/mol. The molecule has 0 aromatic heterocycles. The summed E-state index contributed by atoms with van der Waals surface area (Å²) in [6, 6.07) is 5.72. The third-order valence-electron chi connectivity index (χ3n) is 3.28. The van der Waals surface area contributed by atoms with Crippen LogP contribution in [0.3, 0.4) is 0 Å². The summed E-state index contributed by atoms with van der Waals surface area (Å²) in [6.45, 7) is 5.20. The summed E-state index contributed by atoms with van der Waals surface area (Å²) in [4.78, 5) is 13.2. The number of urea groups is 1. The number of aliphatic hydroxyl groups is 2. The lowest BCUT2D eigenvalue weighted by Crippen LogP contribution is -2.43. The highest BCUT2D eigenvalue weighted by Gasteiger charge is 2.11. The highest BCUT2D eigenvalue weighted by Crippen LogP contribution is 2.22. The maximum absolute atomic E-state index is 11.8. The van der Waals surface area contributed by atoms with Crippen LogP contribution in [0, 0.1) is 13.8 Å². The van der Waals surface area contributed by atoms with Gasteiger partial charge in [0.05, 0.1) is 19.8 Å². The van der Waals surface area contributed by atoms with Crippen LogP contribution in [0.25, 0.3) is 0 Å². The Morgan fingerprint density at radius 2 is 1.77 bits per heavy atom. The molecule has 0 aliphatic rings. The lowest BCUT2D eigenvalue weighted by molar-refractivity contribution is 0.158. The van der Waals surface area contributed by atoms with Gasteiger partial charge in [0.2, 0.25) is 0 Å². The molecule has 0 aliphatic heterocycles. The number of ether oxygens (including phenoxy) is 1. The van der Waals surface area contributed by atoms with Gasteiger partial charge in [0.1, 0.15) is 5.75 Å². The first-order chi connectivity index (χ1) is 10.6. The molecular formula is C16H26N2O4. The number of aryl methyl sites for hydroxylation is 2. The van der Waals surface area contributed by atoms with E-state index in [-0.39, 0.29) is 32.3 Å². The van der Waals surface area contributed by atoms with Crippen molar-refractivity contribution in [3.63, 3.8) is 0 Å². The SMILES string of the molecule is Cc1cccc(C)c1OCCCNC(=O)N(CCO)CCO. The second-order valence-corrected chi connectivity index (χ2v) is 5.09. The number of rotatable bonds is 9. The molecule has 2 amide bonds. The molecule has 0 saturated heterocycles. The first-order valence-corrected chi connectivity index (χ1v) is 7.53. The Labute approximate surface area is 131 Å². The van der Waals surface area contributed by atoms with Crippen molar-refractivity contribution in [2.24, 2.45) is 0 Å². The molecule has 1 aromatic carbocycles. The highest BCUT2D eigenvalue weighted by molar-refractivity contribution is 5.74. The zero-order valence-electron chi connectivity index (χ0n) is 13.3. The lowest BCUT2D eigenvalue weighted by Gasteiger charge is -2.21. The van der Waals surface area contributed by atoms with Crippen molar-refractivity contribution in [2.45, 2.75) is 20.3 Å². The molecule has 0 aliphatic carbocycles. The number of nitrogens with zero attached hydrogens (tertiary/aromatic N) is 1. The molecule has 6 heteroatoms. The molecule has 22 heavy (non-hydrogen) atoms.